The van der Waals surface area contributed by atoms with E-state index in [1.54, 1.807) is 18.3 Å². The predicted octanol–water partition coefficient (Wildman–Crippen LogP) is 3.02. The van der Waals surface area contributed by atoms with Crippen molar-refractivity contribution >= 4 is 11.6 Å². The smallest absolute Gasteiger partial charge is 0.254 e. The van der Waals surface area contributed by atoms with Crippen LogP contribution in [0.25, 0.3) is 0 Å². The Morgan fingerprint density at radius 2 is 1.76 bits per heavy atom. The molecule has 5 nitrogen and oxygen atoms in total. The largest absolute Gasteiger partial charge is 0.508 e. The van der Waals surface area contributed by atoms with Gasteiger partial charge in [-0.15, -0.1) is 0 Å². The first-order valence-electron chi connectivity index (χ1n) is 9.00. The Morgan fingerprint density at radius 3 is 2.40 bits per heavy atom. The maximum Gasteiger partial charge on any atom is 0.254 e. The van der Waals surface area contributed by atoms with E-state index in [1.165, 1.54) is 19.3 Å². The van der Waals surface area contributed by atoms with Crippen LogP contribution in [0.4, 0.5) is 5.69 Å². The molecular weight excluding hydrogens is 314 g/mol. The Kier molecular flexibility index (Phi) is 4.30. The van der Waals surface area contributed by atoms with Crippen molar-refractivity contribution in [1.82, 2.24) is 9.88 Å². The van der Waals surface area contributed by atoms with Crippen LogP contribution in [0.5, 0.6) is 5.75 Å². The van der Waals surface area contributed by atoms with E-state index in [4.69, 9.17) is 0 Å². The highest BCUT2D eigenvalue weighted by atomic mass is 16.3. The summed E-state index contributed by atoms with van der Waals surface area (Å²) < 4.78 is 0. The molecule has 1 aliphatic heterocycles. The van der Waals surface area contributed by atoms with Gasteiger partial charge in [-0.1, -0.05) is 6.42 Å². The molecule has 0 radical (unpaired) electrons. The molecule has 25 heavy (non-hydrogen) atoms. The van der Waals surface area contributed by atoms with Crippen LogP contribution in [0, 0.1) is 0 Å². The highest BCUT2D eigenvalue weighted by Gasteiger charge is 2.25. The summed E-state index contributed by atoms with van der Waals surface area (Å²) in [4.78, 5) is 21.4. The number of phenols is 1. The number of nitrogens with zero attached hydrogens (tertiary/aromatic N) is 3. The maximum atomic E-state index is 12.8. The van der Waals surface area contributed by atoms with Gasteiger partial charge in [-0.3, -0.25) is 9.78 Å². The topological polar surface area (TPSA) is 56.7 Å². The lowest BCUT2D eigenvalue weighted by Crippen LogP contribution is -2.48. The number of aromatic nitrogens is 1. The molecule has 0 spiro atoms. The van der Waals surface area contributed by atoms with Crippen LogP contribution >= 0.6 is 0 Å². The van der Waals surface area contributed by atoms with E-state index in [0.29, 0.717) is 19.0 Å². The molecule has 1 aliphatic carbocycles. The second kappa shape index (κ2) is 6.75. The third-order valence-electron chi connectivity index (χ3n) is 5.33. The van der Waals surface area contributed by atoms with E-state index >= 15 is 0 Å². The van der Waals surface area contributed by atoms with Gasteiger partial charge in [-0.25, -0.2) is 0 Å². The normalized spacial score (nSPS) is 18.1. The van der Waals surface area contributed by atoms with E-state index in [1.807, 2.05) is 29.2 Å². The summed E-state index contributed by atoms with van der Waals surface area (Å²) in [5, 5.41) is 9.40. The molecule has 2 aromatic rings. The van der Waals surface area contributed by atoms with Crippen LogP contribution in [0.15, 0.2) is 42.6 Å². The lowest BCUT2D eigenvalue weighted by molar-refractivity contribution is 0.0746. The van der Waals surface area contributed by atoms with Gasteiger partial charge >= 0.3 is 0 Å². The zero-order valence-electron chi connectivity index (χ0n) is 14.3. The minimum absolute atomic E-state index is 0.105. The molecule has 1 saturated carbocycles. The van der Waals surface area contributed by atoms with Crippen LogP contribution in [0.1, 0.15) is 41.2 Å². The summed E-state index contributed by atoms with van der Waals surface area (Å²) >= 11 is 0. The minimum Gasteiger partial charge on any atom is -0.508 e. The van der Waals surface area contributed by atoms with Gasteiger partial charge in [0.1, 0.15) is 5.75 Å². The summed E-state index contributed by atoms with van der Waals surface area (Å²) in [6.07, 6.45) is 5.42. The van der Waals surface area contributed by atoms with Crippen molar-refractivity contribution < 1.29 is 9.90 Å². The molecule has 0 bridgehead atoms. The fourth-order valence-electron chi connectivity index (χ4n) is 3.52. The average Bonchev–Trinajstić information content (AvgIpc) is 2.61. The van der Waals surface area contributed by atoms with Crippen LogP contribution in [0.2, 0.25) is 0 Å². The van der Waals surface area contributed by atoms with Gasteiger partial charge in [-0.2, -0.15) is 0 Å². The molecule has 130 valence electrons. The zero-order valence-corrected chi connectivity index (χ0v) is 14.3. The van der Waals surface area contributed by atoms with Crippen molar-refractivity contribution in [1.29, 1.82) is 0 Å². The van der Waals surface area contributed by atoms with Gasteiger partial charge in [-0.05, 0) is 49.2 Å². The van der Waals surface area contributed by atoms with Crippen molar-refractivity contribution in [2.24, 2.45) is 0 Å². The molecule has 1 aromatic carbocycles. The van der Waals surface area contributed by atoms with Crippen molar-refractivity contribution in [2.75, 3.05) is 31.1 Å². The lowest BCUT2D eigenvalue weighted by atomic mass is 9.82. The van der Waals surface area contributed by atoms with Crippen LogP contribution in [0.3, 0.4) is 0 Å². The number of piperazine rings is 1. The summed E-state index contributed by atoms with van der Waals surface area (Å²) in [6, 6.07) is 11.0. The summed E-state index contributed by atoms with van der Waals surface area (Å²) in [7, 11) is 0. The molecule has 4 rings (SSSR count). The van der Waals surface area contributed by atoms with Gasteiger partial charge in [0.05, 0.1) is 0 Å². The average molecular weight is 337 g/mol. The number of aromatic hydroxyl groups is 1. The number of hydrogen-bond acceptors (Lipinski definition) is 4. The van der Waals surface area contributed by atoms with E-state index in [0.717, 1.165) is 30.0 Å². The minimum atomic E-state index is 0.105. The first-order chi connectivity index (χ1) is 12.2. The van der Waals surface area contributed by atoms with Crippen LogP contribution in [-0.4, -0.2) is 47.1 Å². The second-order valence-corrected chi connectivity index (χ2v) is 6.89. The van der Waals surface area contributed by atoms with Crippen molar-refractivity contribution in [3.05, 3.63) is 53.9 Å². The van der Waals surface area contributed by atoms with Gasteiger partial charge in [0.2, 0.25) is 0 Å². The molecule has 0 atom stereocenters. The number of anilines is 1. The first-order valence-corrected chi connectivity index (χ1v) is 9.00. The Labute approximate surface area is 147 Å². The van der Waals surface area contributed by atoms with Crippen molar-refractivity contribution in [3.63, 3.8) is 0 Å². The van der Waals surface area contributed by atoms with E-state index in [9.17, 15) is 9.90 Å². The molecule has 5 heteroatoms. The number of phenolic OH excluding ortho intramolecular Hbond substituents is 1. The molecule has 1 saturated heterocycles. The monoisotopic (exact) mass is 337 g/mol. The van der Waals surface area contributed by atoms with E-state index < -0.39 is 0 Å². The lowest BCUT2D eigenvalue weighted by Gasteiger charge is -2.36. The quantitative estimate of drug-likeness (QED) is 0.935. The van der Waals surface area contributed by atoms with Crippen LogP contribution < -0.4 is 4.90 Å². The highest BCUT2D eigenvalue weighted by Crippen LogP contribution is 2.35. The summed E-state index contributed by atoms with van der Waals surface area (Å²) in [5.41, 5.74) is 2.91. The Hall–Kier alpha value is -2.56. The third-order valence-corrected chi connectivity index (χ3v) is 5.33. The number of carbonyl (C=O) groups is 1. The molecule has 2 heterocycles. The fraction of sp³-hybridized carbons (Fsp3) is 0.400. The Balaban J connectivity index is 1.40. The highest BCUT2D eigenvalue weighted by molar-refractivity contribution is 5.94. The molecule has 1 amide bonds. The van der Waals surface area contributed by atoms with E-state index in [-0.39, 0.29) is 11.7 Å². The van der Waals surface area contributed by atoms with Crippen LogP contribution in [-0.2, 0) is 0 Å². The molecule has 2 aliphatic rings. The number of benzene rings is 1. The summed E-state index contributed by atoms with van der Waals surface area (Å²) in [6.45, 7) is 3.02. The number of carbonyl (C=O) groups excluding carboxylic acids is 1. The molecular formula is C20H23N3O2. The van der Waals surface area contributed by atoms with Crippen molar-refractivity contribution in [3.8, 4) is 5.75 Å². The number of hydrogen-bond donors (Lipinski definition) is 1. The molecule has 0 unspecified atom stereocenters. The zero-order chi connectivity index (χ0) is 17.2. The van der Waals surface area contributed by atoms with E-state index in [2.05, 4.69) is 9.88 Å². The fourth-order valence-corrected chi connectivity index (χ4v) is 3.52. The first kappa shape index (κ1) is 15.9. The number of amides is 1. The third kappa shape index (κ3) is 3.31. The number of pyridine rings is 1. The van der Waals surface area contributed by atoms with Gasteiger partial charge in [0.25, 0.3) is 5.91 Å². The number of rotatable bonds is 3. The van der Waals surface area contributed by atoms with Gasteiger partial charge in [0.15, 0.2) is 0 Å². The molecule has 1 aromatic heterocycles. The SMILES string of the molecule is O=C(c1ccnc(C2CCC2)c1)N1CCN(c2ccc(O)cc2)CC1. The maximum absolute atomic E-state index is 12.8. The summed E-state index contributed by atoms with van der Waals surface area (Å²) in [5.74, 6) is 0.921. The van der Waals surface area contributed by atoms with Gasteiger partial charge < -0.3 is 14.9 Å². The predicted molar refractivity (Wildman–Crippen MR) is 97.1 cm³/mol. The second-order valence-electron chi connectivity index (χ2n) is 6.89. The molecule has 2 fully saturated rings. The molecule has 1 N–H and O–H groups in total. The van der Waals surface area contributed by atoms with Crippen molar-refractivity contribution in [2.45, 2.75) is 25.2 Å². The Bertz CT molecular complexity index is 748. The standard InChI is InChI=1S/C20H23N3O2/c24-18-6-4-17(5-7-18)22-10-12-23(13-11-22)20(25)16-8-9-21-19(14-16)15-2-1-3-15/h4-9,14-15,24H,1-3,10-13H2. The van der Waals surface area contributed by atoms with Gasteiger partial charge in [0, 0.05) is 55.2 Å². The Morgan fingerprint density at radius 1 is 1.04 bits per heavy atom.